The largest absolute Gasteiger partial charge is 0.378 e. The molecular formula is C12H20BrN3O. The van der Waals surface area contributed by atoms with Crippen LogP contribution in [0.15, 0.2) is 0 Å². The van der Waals surface area contributed by atoms with Gasteiger partial charge in [0.2, 0.25) is 0 Å². The first-order chi connectivity index (χ1) is 8.35. The Morgan fingerprint density at radius 3 is 2.88 bits per heavy atom. The summed E-state index contributed by atoms with van der Waals surface area (Å²) in [5, 5.41) is 9.30. The van der Waals surface area contributed by atoms with Gasteiger partial charge in [-0.15, -0.1) is 10.2 Å². The van der Waals surface area contributed by atoms with E-state index in [-0.39, 0.29) is 0 Å². The van der Waals surface area contributed by atoms with Gasteiger partial charge in [0.25, 0.3) is 0 Å². The lowest BCUT2D eigenvalue weighted by atomic mass is 10.1. The summed E-state index contributed by atoms with van der Waals surface area (Å²) in [5.41, 5.74) is 0. The molecule has 4 nitrogen and oxygen atoms in total. The molecule has 0 amide bonds. The second-order valence-corrected chi connectivity index (χ2v) is 5.05. The van der Waals surface area contributed by atoms with Gasteiger partial charge in [0.15, 0.2) is 0 Å². The zero-order chi connectivity index (χ0) is 12.1. The third-order valence-electron chi connectivity index (χ3n) is 3.18. The van der Waals surface area contributed by atoms with Crippen LogP contribution in [0.5, 0.6) is 0 Å². The van der Waals surface area contributed by atoms with E-state index in [2.05, 4.69) is 37.6 Å². The first-order valence-electron chi connectivity index (χ1n) is 6.43. The number of ether oxygens (including phenoxy) is 1. The third-order valence-corrected chi connectivity index (χ3v) is 3.69. The Kier molecular flexibility index (Phi) is 4.98. The third kappa shape index (κ3) is 3.28. The van der Waals surface area contributed by atoms with Gasteiger partial charge >= 0.3 is 0 Å². The molecule has 0 aliphatic carbocycles. The van der Waals surface area contributed by atoms with Crippen LogP contribution in [-0.4, -0.2) is 27.5 Å². The molecule has 5 heteroatoms. The molecule has 1 aromatic heterocycles. The normalized spacial score (nSPS) is 20.0. The molecule has 0 bridgehead atoms. The van der Waals surface area contributed by atoms with E-state index >= 15 is 0 Å². The minimum absolute atomic E-state index is 0.439. The predicted molar refractivity (Wildman–Crippen MR) is 70.2 cm³/mol. The van der Waals surface area contributed by atoms with Crippen LogP contribution in [-0.2, 0) is 23.0 Å². The summed E-state index contributed by atoms with van der Waals surface area (Å²) in [5.74, 6) is 2.14. The average Bonchev–Trinajstić information content (AvgIpc) is 2.96. The van der Waals surface area contributed by atoms with Gasteiger partial charge in [0, 0.05) is 19.6 Å². The Hall–Kier alpha value is -0.420. The van der Waals surface area contributed by atoms with E-state index in [4.69, 9.17) is 4.74 Å². The van der Waals surface area contributed by atoms with E-state index in [9.17, 15) is 0 Å². The van der Waals surface area contributed by atoms with Gasteiger partial charge in [-0.1, -0.05) is 22.9 Å². The number of rotatable bonds is 6. The number of alkyl halides is 1. The fourth-order valence-corrected chi connectivity index (χ4v) is 2.71. The van der Waals surface area contributed by atoms with Crippen molar-refractivity contribution in [2.24, 2.45) is 0 Å². The highest BCUT2D eigenvalue weighted by Crippen LogP contribution is 2.18. The minimum atomic E-state index is 0.439. The number of halogens is 1. The number of aromatic nitrogens is 3. The van der Waals surface area contributed by atoms with E-state index in [1.54, 1.807) is 0 Å². The number of aryl methyl sites for hydroxylation is 1. The molecule has 1 aliphatic rings. The standard InChI is InChI=1S/C12H20BrN3O/c1-2-7-16-11(14-15-12(16)9-13)6-5-10-4-3-8-17-10/h10H,2-9H2,1H3. The fraction of sp³-hybridized carbons (Fsp3) is 0.833. The van der Waals surface area contributed by atoms with Crippen molar-refractivity contribution >= 4 is 15.9 Å². The topological polar surface area (TPSA) is 39.9 Å². The highest BCUT2D eigenvalue weighted by Gasteiger charge is 2.17. The SMILES string of the molecule is CCCn1c(CBr)nnc1CCC1CCCO1. The van der Waals surface area contributed by atoms with Crippen molar-refractivity contribution in [3.63, 3.8) is 0 Å². The van der Waals surface area contributed by atoms with Crippen LogP contribution in [0.1, 0.15) is 44.3 Å². The number of hydrogen-bond acceptors (Lipinski definition) is 3. The minimum Gasteiger partial charge on any atom is -0.378 e. The van der Waals surface area contributed by atoms with Crippen molar-refractivity contribution in [2.45, 2.75) is 57.0 Å². The molecule has 1 aromatic rings. The molecule has 2 rings (SSSR count). The first kappa shape index (κ1) is 13.0. The molecule has 1 fully saturated rings. The molecule has 0 N–H and O–H groups in total. The van der Waals surface area contributed by atoms with Crippen molar-refractivity contribution in [3.8, 4) is 0 Å². The van der Waals surface area contributed by atoms with E-state index < -0.39 is 0 Å². The molecule has 0 radical (unpaired) electrons. The van der Waals surface area contributed by atoms with E-state index in [1.165, 1.54) is 12.8 Å². The Morgan fingerprint density at radius 2 is 2.24 bits per heavy atom. The second kappa shape index (κ2) is 6.50. The Labute approximate surface area is 111 Å². The predicted octanol–water partition coefficient (Wildman–Crippen LogP) is 2.69. The lowest BCUT2D eigenvalue weighted by Gasteiger charge is -2.10. The number of nitrogens with zero attached hydrogens (tertiary/aromatic N) is 3. The zero-order valence-corrected chi connectivity index (χ0v) is 11.9. The van der Waals surface area contributed by atoms with Crippen LogP contribution >= 0.6 is 15.9 Å². The fourth-order valence-electron chi connectivity index (χ4n) is 2.30. The maximum absolute atomic E-state index is 5.64. The van der Waals surface area contributed by atoms with Crippen LogP contribution in [0, 0.1) is 0 Å². The molecular weight excluding hydrogens is 282 g/mol. The van der Waals surface area contributed by atoms with E-state index in [0.717, 1.165) is 49.4 Å². The van der Waals surface area contributed by atoms with Crippen molar-refractivity contribution in [1.82, 2.24) is 14.8 Å². The molecule has 0 aromatic carbocycles. The van der Waals surface area contributed by atoms with Gasteiger partial charge in [0.05, 0.1) is 11.4 Å². The summed E-state index contributed by atoms with van der Waals surface area (Å²) >= 11 is 3.46. The molecule has 1 atom stereocenters. The molecule has 1 saturated heterocycles. The van der Waals surface area contributed by atoms with Gasteiger partial charge in [-0.3, -0.25) is 0 Å². The molecule has 1 unspecified atom stereocenters. The van der Waals surface area contributed by atoms with Gasteiger partial charge in [0.1, 0.15) is 11.6 Å². The van der Waals surface area contributed by atoms with Crippen LogP contribution in [0.4, 0.5) is 0 Å². The Bertz CT molecular complexity index is 348. The van der Waals surface area contributed by atoms with Crippen LogP contribution in [0.3, 0.4) is 0 Å². The van der Waals surface area contributed by atoms with Gasteiger partial charge in [-0.2, -0.15) is 0 Å². The van der Waals surface area contributed by atoms with E-state index in [0.29, 0.717) is 6.10 Å². The zero-order valence-electron chi connectivity index (χ0n) is 10.4. The Morgan fingerprint density at radius 1 is 1.41 bits per heavy atom. The summed E-state index contributed by atoms with van der Waals surface area (Å²) in [6.07, 6.45) is 6.01. The lowest BCUT2D eigenvalue weighted by Crippen LogP contribution is -2.11. The molecule has 0 spiro atoms. The summed E-state index contributed by atoms with van der Waals surface area (Å²) in [7, 11) is 0. The molecule has 1 aliphatic heterocycles. The molecule has 96 valence electrons. The van der Waals surface area contributed by atoms with Crippen molar-refractivity contribution in [2.75, 3.05) is 6.61 Å². The summed E-state index contributed by atoms with van der Waals surface area (Å²) < 4.78 is 7.88. The average molecular weight is 302 g/mol. The van der Waals surface area contributed by atoms with Crippen molar-refractivity contribution in [3.05, 3.63) is 11.6 Å². The monoisotopic (exact) mass is 301 g/mol. The van der Waals surface area contributed by atoms with E-state index in [1.807, 2.05) is 0 Å². The second-order valence-electron chi connectivity index (χ2n) is 4.49. The lowest BCUT2D eigenvalue weighted by molar-refractivity contribution is 0.104. The maximum Gasteiger partial charge on any atom is 0.143 e. The van der Waals surface area contributed by atoms with Crippen LogP contribution in [0.25, 0.3) is 0 Å². The molecule has 17 heavy (non-hydrogen) atoms. The molecule has 2 heterocycles. The summed E-state index contributed by atoms with van der Waals surface area (Å²) in [6.45, 7) is 4.12. The van der Waals surface area contributed by atoms with Gasteiger partial charge in [-0.25, -0.2) is 0 Å². The summed E-state index contributed by atoms with van der Waals surface area (Å²) in [6, 6.07) is 0. The first-order valence-corrected chi connectivity index (χ1v) is 7.55. The Balaban J connectivity index is 1.96. The van der Waals surface area contributed by atoms with Gasteiger partial charge < -0.3 is 9.30 Å². The smallest absolute Gasteiger partial charge is 0.143 e. The quantitative estimate of drug-likeness (QED) is 0.759. The van der Waals surface area contributed by atoms with Crippen molar-refractivity contribution in [1.29, 1.82) is 0 Å². The maximum atomic E-state index is 5.64. The van der Waals surface area contributed by atoms with Crippen molar-refractivity contribution < 1.29 is 4.74 Å². The number of hydrogen-bond donors (Lipinski definition) is 0. The highest BCUT2D eigenvalue weighted by molar-refractivity contribution is 9.08. The van der Waals surface area contributed by atoms with Gasteiger partial charge in [-0.05, 0) is 25.7 Å². The van der Waals surface area contributed by atoms with Crippen LogP contribution < -0.4 is 0 Å². The molecule has 0 saturated carbocycles. The summed E-state index contributed by atoms with van der Waals surface area (Å²) in [4.78, 5) is 0. The van der Waals surface area contributed by atoms with Crippen LogP contribution in [0.2, 0.25) is 0 Å². The highest BCUT2D eigenvalue weighted by atomic mass is 79.9.